The van der Waals surface area contributed by atoms with Crippen molar-refractivity contribution in [2.45, 2.75) is 6.42 Å². The highest BCUT2D eigenvalue weighted by atomic mass is 32.2. The van der Waals surface area contributed by atoms with E-state index in [1.54, 1.807) is 16.8 Å². The number of rotatable bonds is 4. The molecule has 2 rings (SSSR count). The smallest absolute Gasteiger partial charge is 0.264 e. The van der Waals surface area contributed by atoms with Crippen molar-refractivity contribution in [2.24, 2.45) is 0 Å². The zero-order chi connectivity index (χ0) is 11.6. The topological polar surface area (TPSA) is 56.3 Å². The number of aromatic nitrogens is 1. The van der Waals surface area contributed by atoms with Gasteiger partial charge in [-0.15, -0.1) is 11.3 Å². The lowest BCUT2D eigenvalue weighted by atomic mass is 10.1. The van der Waals surface area contributed by atoms with Gasteiger partial charge in [-0.3, -0.25) is 4.18 Å². The highest BCUT2D eigenvalue weighted by molar-refractivity contribution is 7.85. The van der Waals surface area contributed by atoms with Gasteiger partial charge in [0.1, 0.15) is 0 Å². The van der Waals surface area contributed by atoms with Crippen LogP contribution in [0.25, 0.3) is 10.2 Å². The minimum atomic E-state index is -3.34. The Labute approximate surface area is 98.0 Å². The fraction of sp³-hybridized carbons (Fsp3) is 0.300. The molecule has 0 radical (unpaired) electrons. The van der Waals surface area contributed by atoms with Gasteiger partial charge in [0.25, 0.3) is 10.1 Å². The maximum Gasteiger partial charge on any atom is 0.264 e. The fourth-order valence-corrected chi connectivity index (χ4v) is 2.49. The molecule has 0 atom stereocenters. The molecule has 0 aliphatic rings. The summed E-state index contributed by atoms with van der Waals surface area (Å²) in [5.41, 5.74) is 3.82. The van der Waals surface area contributed by atoms with Gasteiger partial charge in [0.2, 0.25) is 0 Å². The Bertz CT molecular complexity index is 589. The highest BCUT2D eigenvalue weighted by Crippen LogP contribution is 2.19. The van der Waals surface area contributed by atoms with Crippen LogP contribution in [0.2, 0.25) is 0 Å². The van der Waals surface area contributed by atoms with Gasteiger partial charge in [-0.2, -0.15) is 8.42 Å². The lowest BCUT2D eigenvalue weighted by Crippen LogP contribution is -2.06. The molecule has 16 heavy (non-hydrogen) atoms. The molecule has 1 aromatic carbocycles. The van der Waals surface area contributed by atoms with E-state index in [4.69, 9.17) is 0 Å². The number of nitrogens with zero attached hydrogens (tertiary/aromatic N) is 1. The second-order valence-electron chi connectivity index (χ2n) is 3.43. The fourth-order valence-electron chi connectivity index (χ4n) is 1.37. The number of hydrogen-bond donors (Lipinski definition) is 0. The summed E-state index contributed by atoms with van der Waals surface area (Å²) < 4.78 is 27.3. The molecule has 0 aliphatic heterocycles. The minimum Gasteiger partial charge on any atom is -0.270 e. The van der Waals surface area contributed by atoms with E-state index < -0.39 is 10.1 Å². The summed E-state index contributed by atoms with van der Waals surface area (Å²) in [6, 6.07) is 5.88. The van der Waals surface area contributed by atoms with Crippen molar-refractivity contribution in [1.29, 1.82) is 0 Å². The zero-order valence-electron chi connectivity index (χ0n) is 8.71. The van der Waals surface area contributed by atoms with Crippen LogP contribution in [0.4, 0.5) is 0 Å². The summed E-state index contributed by atoms with van der Waals surface area (Å²) in [6.45, 7) is 0.184. The Morgan fingerprint density at radius 1 is 1.44 bits per heavy atom. The van der Waals surface area contributed by atoms with Gasteiger partial charge >= 0.3 is 0 Å². The Balaban J connectivity index is 2.04. The first-order valence-corrected chi connectivity index (χ1v) is 7.41. The lowest BCUT2D eigenvalue weighted by molar-refractivity contribution is 0.326. The largest absolute Gasteiger partial charge is 0.270 e. The number of benzene rings is 1. The van der Waals surface area contributed by atoms with E-state index in [1.807, 2.05) is 18.2 Å². The predicted octanol–water partition coefficient (Wildman–Crippen LogP) is 1.82. The highest BCUT2D eigenvalue weighted by Gasteiger charge is 2.03. The average Bonchev–Trinajstić information content (AvgIpc) is 2.62. The lowest BCUT2D eigenvalue weighted by Gasteiger charge is -2.01. The van der Waals surface area contributed by atoms with Gasteiger partial charge in [-0.1, -0.05) is 6.07 Å². The number of hydrogen-bond acceptors (Lipinski definition) is 5. The number of thiazole rings is 1. The van der Waals surface area contributed by atoms with Crippen molar-refractivity contribution in [1.82, 2.24) is 4.98 Å². The van der Waals surface area contributed by atoms with Gasteiger partial charge in [-0.05, 0) is 24.1 Å². The monoisotopic (exact) mass is 257 g/mol. The molecule has 2 aromatic rings. The summed E-state index contributed by atoms with van der Waals surface area (Å²) >= 11 is 1.57. The van der Waals surface area contributed by atoms with Crippen LogP contribution in [-0.4, -0.2) is 26.3 Å². The summed E-state index contributed by atoms with van der Waals surface area (Å²) in [7, 11) is -3.34. The molecule has 0 N–H and O–H groups in total. The Morgan fingerprint density at radius 3 is 3.00 bits per heavy atom. The van der Waals surface area contributed by atoms with E-state index in [0.29, 0.717) is 6.42 Å². The first-order valence-electron chi connectivity index (χ1n) is 4.71. The third-order valence-electron chi connectivity index (χ3n) is 2.08. The van der Waals surface area contributed by atoms with Crippen LogP contribution in [0.3, 0.4) is 0 Å². The second kappa shape index (κ2) is 4.48. The van der Waals surface area contributed by atoms with Crippen LogP contribution in [-0.2, 0) is 20.7 Å². The first kappa shape index (κ1) is 11.5. The van der Waals surface area contributed by atoms with Gasteiger partial charge in [0, 0.05) is 0 Å². The van der Waals surface area contributed by atoms with Crippen LogP contribution in [0, 0.1) is 0 Å². The molecule has 0 aliphatic carbocycles. The number of fused-ring (bicyclic) bond motifs is 1. The second-order valence-corrected chi connectivity index (χ2v) is 5.96. The normalized spacial score (nSPS) is 12.1. The van der Waals surface area contributed by atoms with E-state index in [1.165, 1.54) is 0 Å². The molecule has 6 heteroatoms. The Hall–Kier alpha value is -0.980. The van der Waals surface area contributed by atoms with E-state index >= 15 is 0 Å². The SMILES string of the molecule is CS(=O)(=O)OCCc1ccc2ncsc2c1. The molecule has 0 bridgehead atoms. The molecular weight excluding hydrogens is 246 g/mol. The Morgan fingerprint density at radius 2 is 2.25 bits per heavy atom. The first-order chi connectivity index (χ1) is 7.54. The minimum absolute atomic E-state index is 0.184. The summed E-state index contributed by atoms with van der Waals surface area (Å²) in [4.78, 5) is 4.17. The van der Waals surface area contributed by atoms with Crippen molar-refractivity contribution < 1.29 is 12.6 Å². The molecule has 0 saturated carbocycles. The van der Waals surface area contributed by atoms with Gasteiger partial charge < -0.3 is 0 Å². The molecular formula is C10H11NO3S2. The van der Waals surface area contributed by atoms with Gasteiger partial charge in [0.15, 0.2) is 0 Å². The molecule has 86 valence electrons. The third kappa shape index (κ3) is 3.01. The average molecular weight is 257 g/mol. The summed E-state index contributed by atoms with van der Waals surface area (Å²) in [5, 5.41) is 0. The van der Waals surface area contributed by atoms with Crippen molar-refractivity contribution >= 4 is 31.7 Å². The van der Waals surface area contributed by atoms with Crippen molar-refractivity contribution in [3.8, 4) is 0 Å². The predicted molar refractivity (Wildman–Crippen MR) is 64.1 cm³/mol. The van der Waals surface area contributed by atoms with Crippen molar-refractivity contribution in [2.75, 3.05) is 12.9 Å². The van der Waals surface area contributed by atoms with Crippen LogP contribution >= 0.6 is 11.3 Å². The molecule has 0 spiro atoms. The molecule has 0 unspecified atom stereocenters. The van der Waals surface area contributed by atoms with E-state index in [2.05, 4.69) is 9.17 Å². The van der Waals surface area contributed by atoms with Crippen molar-refractivity contribution in [3.05, 3.63) is 29.3 Å². The van der Waals surface area contributed by atoms with Crippen LogP contribution in [0.5, 0.6) is 0 Å². The zero-order valence-corrected chi connectivity index (χ0v) is 10.3. The van der Waals surface area contributed by atoms with E-state index in [-0.39, 0.29) is 6.61 Å². The van der Waals surface area contributed by atoms with Gasteiger partial charge in [0.05, 0.1) is 28.6 Å². The standard InChI is InChI=1S/C10H11NO3S2/c1-16(12,13)14-5-4-8-2-3-9-10(6-8)15-7-11-9/h2-3,6-7H,4-5H2,1H3. The summed E-state index contributed by atoms with van der Waals surface area (Å²) in [6.07, 6.45) is 1.64. The molecule has 1 aromatic heterocycles. The van der Waals surface area contributed by atoms with Crippen LogP contribution in [0.1, 0.15) is 5.56 Å². The molecule has 0 amide bonds. The Kier molecular flexibility index (Phi) is 3.22. The molecule has 4 nitrogen and oxygen atoms in total. The van der Waals surface area contributed by atoms with Crippen LogP contribution in [0.15, 0.2) is 23.7 Å². The maximum absolute atomic E-state index is 10.8. The summed E-state index contributed by atoms with van der Waals surface area (Å²) in [5.74, 6) is 0. The third-order valence-corrected chi connectivity index (χ3v) is 3.47. The molecule has 1 heterocycles. The molecule has 0 fully saturated rings. The maximum atomic E-state index is 10.8. The van der Waals surface area contributed by atoms with E-state index in [0.717, 1.165) is 22.0 Å². The van der Waals surface area contributed by atoms with Gasteiger partial charge in [-0.25, -0.2) is 4.98 Å². The molecule has 0 saturated heterocycles. The van der Waals surface area contributed by atoms with Crippen LogP contribution < -0.4 is 0 Å². The quantitative estimate of drug-likeness (QED) is 0.784. The van der Waals surface area contributed by atoms with Crippen molar-refractivity contribution in [3.63, 3.8) is 0 Å². The van der Waals surface area contributed by atoms with E-state index in [9.17, 15) is 8.42 Å².